The minimum Gasteiger partial charge on any atom is -0.334 e. The molecule has 2 fully saturated rings. The number of carbonyl (C=O) groups excluding carboxylic acids is 1. The predicted molar refractivity (Wildman–Crippen MR) is 73.4 cm³/mol. The Labute approximate surface area is 114 Å². The van der Waals surface area contributed by atoms with Gasteiger partial charge in [-0.05, 0) is 19.3 Å². The van der Waals surface area contributed by atoms with Gasteiger partial charge < -0.3 is 10.2 Å². The molecule has 0 aromatic carbocycles. The number of sulfone groups is 1. The van der Waals surface area contributed by atoms with Crippen LogP contribution < -0.4 is 5.32 Å². The summed E-state index contributed by atoms with van der Waals surface area (Å²) in [6.45, 7) is 0.288. The minimum absolute atomic E-state index is 0.0489. The van der Waals surface area contributed by atoms with Gasteiger partial charge in [0.25, 0.3) is 0 Å². The SMILES string of the molecule is C#CCN(C(=O)N[C@H]1CCS(=O)(=O)C1)C1CCCC1. The lowest BCUT2D eigenvalue weighted by molar-refractivity contribution is 0.181. The van der Waals surface area contributed by atoms with Crippen molar-refractivity contribution < 1.29 is 13.2 Å². The van der Waals surface area contributed by atoms with Crippen LogP contribution in [0.4, 0.5) is 4.79 Å². The van der Waals surface area contributed by atoms with E-state index in [0.717, 1.165) is 25.7 Å². The number of rotatable bonds is 3. The van der Waals surface area contributed by atoms with Gasteiger partial charge in [0.1, 0.15) is 0 Å². The van der Waals surface area contributed by atoms with Gasteiger partial charge >= 0.3 is 6.03 Å². The summed E-state index contributed by atoms with van der Waals surface area (Å²) in [5.41, 5.74) is 0. The number of urea groups is 1. The van der Waals surface area contributed by atoms with Crippen LogP contribution in [0.3, 0.4) is 0 Å². The van der Waals surface area contributed by atoms with Crippen molar-refractivity contribution in [3.63, 3.8) is 0 Å². The van der Waals surface area contributed by atoms with Crippen molar-refractivity contribution >= 4 is 15.9 Å². The van der Waals surface area contributed by atoms with Crippen LogP contribution in [0, 0.1) is 12.3 Å². The number of amides is 2. The number of terminal acetylenes is 1. The lowest BCUT2D eigenvalue weighted by Crippen LogP contribution is -2.49. The maximum atomic E-state index is 12.2. The van der Waals surface area contributed by atoms with E-state index in [0.29, 0.717) is 6.42 Å². The van der Waals surface area contributed by atoms with Crippen LogP contribution in [0.15, 0.2) is 0 Å². The molecule has 106 valence electrons. The van der Waals surface area contributed by atoms with Crippen LogP contribution in [-0.4, -0.2) is 49.5 Å². The number of carbonyl (C=O) groups is 1. The maximum Gasteiger partial charge on any atom is 0.318 e. The standard InChI is InChI=1S/C13H20N2O3S/c1-2-8-15(12-5-3-4-6-12)13(16)14-11-7-9-19(17,18)10-11/h1,11-12H,3-10H2,(H,14,16)/t11-/m0/s1. The summed E-state index contributed by atoms with van der Waals surface area (Å²) in [5.74, 6) is 2.73. The Morgan fingerprint density at radius 2 is 2.00 bits per heavy atom. The van der Waals surface area contributed by atoms with E-state index in [1.54, 1.807) is 4.90 Å². The summed E-state index contributed by atoms with van der Waals surface area (Å²) in [5, 5.41) is 2.81. The molecule has 1 saturated carbocycles. The highest BCUT2D eigenvalue weighted by Crippen LogP contribution is 2.23. The third-order valence-corrected chi connectivity index (χ3v) is 5.62. The zero-order chi connectivity index (χ0) is 13.9. The molecular formula is C13H20N2O3S. The Bertz CT molecular complexity index is 475. The molecule has 0 unspecified atom stereocenters. The highest BCUT2D eigenvalue weighted by atomic mass is 32.2. The van der Waals surface area contributed by atoms with Gasteiger partial charge in [-0.2, -0.15) is 0 Å². The van der Waals surface area contributed by atoms with Gasteiger partial charge in [0, 0.05) is 12.1 Å². The molecule has 2 amide bonds. The van der Waals surface area contributed by atoms with Crippen molar-refractivity contribution in [2.24, 2.45) is 0 Å². The summed E-state index contributed by atoms with van der Waals surface area (Å²) in [6, 6.07) is -0.278. The van der Waals surface area contributed by atoms with Crippen molar-refractivity contribution in [1.82, 2.24) is 10.2 Å². The first-order chi connectivity index (χ1) is 9.02. The van der Waals surface area contributed by atoms with Crippen LogP contribution in [0.2, 0.25) is 0 Å². The Balaban J connectivity index is 1.94. The third kappa shape index (κ3) is 3.63. The van der Waals surface area contributed by atoms with E-state index in [9.17, 15) is 13.2 Å². The lowest BCUT2D eigenvalue weighted by Gasteiger charge is -2.28. The third-order valence-electron chi connectivity index (χ3n) is 3.85. The summed E-state index contributed by atoms with van der Waals surface area (Å²) < 4.78 is 22.8. The molecule has 5 nitrogen and oxygen atoms in total. The molecule has 1 saturated heterocycles. The number of hydrogen-bond donors (Lipinski definition) is 1. The monoisotopic (exact) mass is 284 g/mol. The van der Waals surface area contributed by atoms with Crippen LogP contribution >= 0.6 is 0 Å². The molecule has 19 heavy (non-hydrogen) atoms. The van der Waals surface area contributed by atoms with E-state index >= 15 is 0 Å². The fourth-order valence-corrected chi connectivity index (χ4v) is 4.52. The average molecular weight is 284 g/mol. The second-order valence-corrected chi connectivity index (χ2v) is 7.55. The molecule has 1 N–H and O–H groups in total. The van der Waals surface area contributed by atoms with Crippen molar-refractivity contribution in [2.75, 3.05) is 18.1 Å². The van der Waals surface area contributed by atoms with Gasteiger partial charge in [-0.3, -0.25) is 0 Å². The van der Waals surface area contributed by atoms with Crippen LogP contribution in [-0.2, 0) is 9.84 Å². The smallest absolute Gasteiger partial charge is 0.318 e. The maximum absolute atomic E-state index is 12.2. The molecule has 1 heterocycles. The largest absolute Gasteiger partial charge is 0.334 e. The average Bonchev–Trinajstić information content (AvgIpc) is 2.95. The van der Waals surface area contributed by atoms with E-state index in [4.69, 9.17) is 6.42 Å². The van der Waals surface area contributed by atoms with Crippen molar-refractivity contribution in [2.45, 2.75) is 44.2 Å². The zero-order valence-corrected chi connectivity index (χ0v) is 11.8. The highest BCUT2D eigenvalue weighted by Gasteiger charge is 2.32. The minimum atomic E-state index is -2.97. The molecule has 0 aromatic rings. The fraction of sp³-hybridized carbons (Fsp3) is 0.769. The molecule has 0 spiro atoms. The molecule has 1 aliphatic carbocycles. The highest BCUT2D eigenvalue weighted by molar-refractivity contribution is 7.91. The van der Waals surface area contributed by atoms with E-state index in [-0.39, 0.29) is 36.2 Å². The number of hydrogen-bond acceptors (Lipinski definition) is 3. The molecule has 1 atom stereocenters. The first kappa shape index (κ1) is 14.2. The Morgan fingerprint density at radius 3 is 2.53 bits per heavy atom. The lowest BCUT2D eigenvalue weighted by atomic mass is 10.2. The quantitative estimate of drug-likeness (QED) is 0.778. The topological polar surface area (TPSA) is 66.5 Å². The molecule has 0 aromatic heterocycles. The predicted octanol–water partition coefficient (Wildman–Crippen LogP) is 0.761. The van der Waals surface area contributed by atoms with E-state index in [1.807, 2.05) is 0 Å². The molecule has 2 rings (SSSR count). The van der Waals surface area contributed by atoms with Crippen molar-refractivity contribution in [1.29, 1.82) is 0 Å². The Morgan fingerprint density at radius 1 is 1.32 bits per heavy atom. The van der Waals surface area contributed by atoms with Crippen molar-refractivity contribution in [3.8, 4) is 12.3 Å². The first-order valence-electron chi connectivity index (χ1n) is 6.73. The molecule has 2 aliphatic rings. The Hall–Kier alpha value is -1.22. The van der Waals surface area contributed by atoms with E-state index < -0.39 is 9.84 Å². The molecule has 1 aliphatic heterocycles. The molecule has 0 radical (unpaired) electrons. The second kappa shape index (κ2) is 5.83. The molecule has 0 bridgehead atoms. The number of nitrogens with zero attached hydrogens (tertiary/aromatic N) is 1. The van der Waals surface area contributed by atoms with Gasteiger partial charge in [-0.1, -0.05) is 18.8 Å². The normalized spacial score (nSPS) is 25.9. The summed E-state index contributed by atoms with van der Waals surface area (Å²) >= 11 is 0. The summed E-state index contributed by atoms with van der Waals surface area (Å²) in [6.07, 6.45) is 10.0. The van der Waals surface area contributed by atoms with Crippen molar-refractivity contribution in [3.05, 3.63) is 0 Å². The van der Waals surface area contributed by atoms with Crippen LogP contribution in [0.25, 0.3) is 0 Å². The Kier molecular flexibility index (Phi) is 4.35. The summed E-state index contributed by atoms with van der Waals surface area (Å²) in [7, 11) is -2.97. The number of nitrogens with one attached hydrogen (secondary N) is 1. The van der Waals surface area contributed by atoms with Gasteiger partial charge in [-0.25, -0.2) is 13.2 Å². The zero-order valence-electron chi connectivity index (χ0n) is 11.0. The van der Waals surface area contributed by atoms with Gasteiger partial charge in [0.15, 0.2) is 9.84 Å². The van der Waals surface area contributed by atoms with Crippen LogP contribution in [0.1, 0.15) is 32.1 Å². The summed E-state index contributed by atoms with van der Waals surface area (Å²) in [4.78, 5) is 13.9. The van der Waals surface area contributed by atoms with E-state index in [1.165, 1.54) is 0 Å². The molecular weight excluding hydrogens is 264 g/mol. The fourth-order valence-electron chi connectivity index (χ4n) is 2.85. The molecule has 6 heteroatoms. The van der Waals surface area contributed by atoms with Gasteiger partial charge in [-0.15, -0.1) is 6.42 Å². The van der Waals surface area contributed by atoms with E-state index in [2.05, 4.69) is 11.2 Å². The van der Waals surface area contributed by atoms with Gasteiger partial charge in [0.2, 0.25) is 0 Å². The second-order valence-electron chi connectivity index (χ2n) is 5.32. The van der Waals surface area contributed by atoms with Crippen LogP contribution in [0.5, 0.6) is 0 Å². The van der Waals surface area contributed by atoms with Gasteiger partial charge in [0.05, 0.1) is 18.1 Å². The first-order valence-corrected chi connectivity index (χ1v) is 8.55.